The molecule has 2 aliphatic heterocycles. The molecule has 0 aliphatic carbocycles. The zero-order chi connectivity index (χ0) is 81.3. The summed E-state index contributed by atoms with van der Waals surface area (Å²) in [5, 5.41) is 72.4. The summed E-state index contributed by atoms with van der Waals surface area (Å²) in [7, 11) is 0. The van der Waals surface area contributed by atoms with Gasteiger partial charge in [0.2, 0.25) is 76.8 Å². The van der Waals surface area contributed by atoms with E-state index in [1.807, 2.05) is 18.2 Å². The molecule has 13 amide bonds. The van der Waals surface area contributed by atoms with E-state index in [2.05, 4.69) is 68.5 Å². The van der Waals surface area contributed by atoms with Gasteiger partial charge in [0.1, 0.15) is 88.6 Å². The van der Waals surface area contributed by atoms with E-state index >= 15 is 4.79 Å². The second-order valence-corrected chi connectivity index (χ2v) is 32.0. The van der Waals surface area contributed by atoms with E-state index in [-0.39, 0.29) is 61.7 Å². The number of carbonyl (C=O) groups is 13. The summed E-state index contributed by atoms with van der Waals surface area (Å²) in [5.74, 6) is -11.9. The smallest absolute Gasteiger partial charge is 0.246 e. The van der Waals surface area contributed by atoms with Crippen LogP contribution in [-0.2, 0) is 93.1 Å². The molecule has 5 aromatic rings. The van der Waals surface area contributed by atoms with Crippen LogP contribution in [0.4, 0.5) is 0 Å². The Hall–Kier alpha value is -10.3. The third-order valence-electron chi connectivity index (χ3n) is 19.2. The lowest BCUT2D eigenvalue weighted by Crippen LogP contribution is -2.67. The van der Waals surface area contributed by atoms with Gasteiger partial charge >= 0.3 is 0 Å². The monoisotopic (exact) mass is 1560 g/mol. The molecule has 0 saturated carbocycles. The summed E-state index contributed by atoms with van der Waals surface area (Å²) >= 11 is 2.52. The van der Waals surface area contributed by atoms with E-state index < -0.39 is 172 Å². The van der Waals surface area contributed by atoms with E-state index in [9.17, 15) is 78.0 Å². The van der Waals surface area contributed by atoms with Crippen molar-refractivity contribution in [2.45, 2.75) is 210 Å². The third kappa shape index (κ3) is 23.8. The zero-order valence-corrected chi connectivity index (χ0v) is 65.3. The molecule has 596 valence electrons. The van der Waals surface area contributed by atoms with Crippen molar-refractivity contribution in [2.24, 2.45) is 17.1 Å². The molecule has 1 fully saturated rings. The summed E-state index contributed by atoms with van der Waals surface area (Å²) in [4.78, 5) is 195. The van der Waals surface area contributed by atoms with E-state index in [1.54, 1.807) is 59.0 Å². The fourth-order valence-electron chi connectivity index (χ4n) is 12.3. The number of thioether (sulfide) groups is 2. The standard InChI is InChI=1S/C76H103N15O17S2/c1-39(2)76(12)73(108)87-59(42(5)93)69(104)85-55(61(77)97)37-109-35-46-16-13-17-47(30-46)36-110-38-56(81-43(6)94)64(99)88-60(74(7,8)9)70(105)84-54(32-45-22-26-50(96)27-23-45)71(106)91-29-15-19-57(91)67(102)86-58(41(4)92)68(103)83-53(33-48-34-79-62-51(48)18-14-28-78-62)65(100)89-75(10,11)72(107)80-40(3)63(98)82-52(66(101)90-76)31-44-20-24-49(95)25-21-44/h13-14,16-18,20-28,30,34,39-42,52-60,92-93,95-96H,15,19,29,31-33,35-38H2,1-12H3,(H2,77,97)(H,78,79)(H,80,107)(H,81,94)(H,82,98)(H,83,103)(H,84,105)(H,85,104)(H,86,102)(H,87,108)(H,88,99)(H,89,100)(H,90,101)/t40-,41+,42+,52-,53-,54-,55+,56-,57-,58-,59-,60+,76-/m0/s1. The number of primary amides is 1. The number of aliphatic hydroxyl groups excluding tert-OH is 2. The summed E-state index contributed by atoms with van der Waals surface area (Å²) in [6.07, 6.45) is -0.572. The molecule has 7 rings (SSSR count). The number of aromatic nitrogens is 2. The van der Waals surface area contributed by atoms with Crippen molar-refractivity contribution < 1.29 is 82.8 Å². The van der Waals surface area contributed by atoms with Crippen LogP contribution in [0.1, 0.15) is 124 Å². The predicted octanol–water partition coefficient (Wildman–Crippen LogP) is 0.295. The number of aromatic hydroxyl groups is 2. The maximum Gasteiger partial charge on any atom is 0.246 e. The van der Waals surface area contributed by atoms with E-state index in [1.165, 1.54) is 132 Å². The fourth-order valence-corrected chi connectivity index (χ4v) is 14.3. The largest absolute Gasteiger partial charge is 0.508 e. The highest BCUT2D eigenvalue weighted by Gasteiger charge is 2.46. The minimum absolute atomic E-state index is 0.0128. The Morgan fingerprint density at radius 2 is 1.17 bits per heavy atom. The number of fused-ring (bicyclic) bond motifs is 4. The molecule has 110 heavy (non-hydrogen) atoms. The molecule has 4 heterocycles. The molecule has 18 N–H and O–H groups in total. The molecule has 2 bridgehead atoms. The Kier molecular flexibility index (Phi) is 30.3. The van der Waals surface area contributed by atoms with Crippen molar-refractivity contribution in [1.29, 1.82) is 0 Å². The van der Waals surface area contributed by atoms with Gasteiger partial charge in [-0.1, -0.05) is 83.1 Å². The number of nitrogens with two attached hydrogens (primary N) is 1. The molecule has 34 heteroatoms. The Morgan fingerprint density at radius 1 is 0.627 bits per heavy atom. The molecule has 0 unspecified atom stereocenters. The number of carbonyl (C=O) groups excluding carboxylic acids is 13. The van der Waals surface area contributed by atoms with Crippen LogP contribution < -0.4 is 64.2 Å². The number of benzene rings is 3. The summed E-state index contributed by atoms with van der Waals surface area (Å²) in [5.41, 5.74) is 4.29. The SMILES string of the molecule is CC(=O)N[C@H]1CSCc2cccc(c2)CSC[C@H](C(N)=O)NC(=O)[C@H]([C@@H](C)O)NC(=O)[C@](C)(C(C)C)NC(=O)[C@H](Cc2ccc(O)cc2)NC(=O)[C@H](C)NC(=O)C(C)(C)NC(=O)[C@H](Cc2c[nH]c3ncccc23)NC(=O)[C@H]([C@@H](C)O)NC(=O)[C@@H]2CCCN2C(=O)[C@H](Cc2ccc(O)cc2)NC(=O)[C@H](C(C)(C)C)NC1=O. The first-order valence-electron chi connectivity index (χ1n) is 36.2. The van der Waals surface area contributed by atoms with Crippen molar-refractivity contribution in [1.82, 2.24) is 73.4 Å². The summed E-state index contributed by atoms with van der Waals surface area (Å²) < 4.78 is 0. The number of phenolic OH excluding ortho intramolecular Hbond substituents is 2. The highest BCUT2D eigenvalue weighted by molar-refractivity contribution is 7.98. The van der Waals surface area contributed by atoms with E-state index in [0.717, 1.165) is 11.1 Å². The molecule has 32 nitrogen and oxygen atoms in total. The Labute approximate surface area is 646 Å². The molecule has 2 aromatic heterocycles. The highest BCUT2D eigenvalue weighted by Crippen LogP contribution is 2.27. The summed E-state index contributed by atoms with van der Waals surface area (Å²) in [6.45, 7) is 17.1. The molecular weight excluding hydrogens is 1460 g/mol. The second kappa shape index (κ2) is 38.4. The Bertz CT molecular complexity index is 4170. The highest BCUT2D eigenvalue weighted by atomic mass is 32.2. The molecule has 13 atom stereocenters. The number of phenols is 2. The average Bonchev–Trinajstić information content (AvgIpc) is 1.23. The quantitative estimate of drug-likeness (QED) is 0.0845. The van der Waals surface area contributed by atoms with Crippen molar-refractivity contribution in [3.05, 3.63) is 125 Å². The molecule has 1 saturated heterocycles. The Morgan fingerprint density at radius 3 is 1.75 bits per heavy atom. The van der Waals surface area contributed by atoms with Crippen LogP contribution in [0.2, 0.25) is 0 Å². The maximum atomic E-state index is 15.1. The number of H-pyrrole nitrogens is 1. The van der Waals surface area contributed by atoms with Gasteiger partial charge in [-0.3, -0.25) is 62.3 Å². The van der Waals surface area contributed by atoms with Crippen LogP contribution in [0.25, 0.3) is 11.0 Å². The number of aliphatic hydroxyl groups is 2. The molecular formula is C76H103N15O17S2. The first kappa shape index (κ1) is 86.9. The zero-order valence-electron chi connectivity index (χ0n) is 63.7. The number of amides is 13. The minimum atomic E-state index is -1.92. The number of hydrogen-bond donors (Lipinski definition) is 17. The lowest BCUT2D eigenvalue weighted by atomic mass is 9.85. The number of nitrogens with one attached hydrogen (secondary N) is 12. The maximum absolute atomic E-state index is 15.1. The lowest BCUT2D eigenvalue weighted by Gasteiger charge is -2.36. The average molecular weight is 1560 g/mol. The third-order valence-corrected chi connectivity index (χ3v) is 21.4. The number of rotatable bonds is 11. The van der Waals surface area contributed by atoms with Gasteiger partial charge in [-0.25, -0.2) is 4.98 Å². The van der Waals surface area contributed by atoms with Crippen molar-refractivity contribution in [3.63, 3.8) is 0 Å². The van der Waals surface area contributed by atoms with Crippen LogP contribution in [0.3, 0.4) is 0 Å². The van der Waals surface area contributed by atoms with Gasteiger partial charge in [0.15, 0.2) is 0 Å². The second-order valence-electron chi connectivity index (χ2n) is 30.0. The number of hydrogen-bond acceptors (Lipinski definition) is 20. The van der Waals surface area contributed by atoms with Crippen molar-refractivity contribution in [3.8, 4) is 11.5 Å². The topological polar surface area (TPSA) is 493 Å². The van der Waals surface area contributed by atoms with Crippen molar-refractivity contribution in [2.75, 3.05) is 18.1 Å². The van der Waals surface area contributed by atoms with Crippen LogP contribution in [-0.4, -0.2) is 214 Å². The molecule has 0 radical (unpaired) electrons. The molecule has 2 aliphatic rings. The molecule has 0 spiro atoms. The van der Waals surface area contributed by atoms with Crippen LogP contribution in [0.15, 0.2) is 97.3 Å². The van der Waals surface area contributed by atoms with Gasteiger partial charge in [-0.05, 0) is 130 Å². The number of pyridine rings is 1. The fraction of sp³-hybridized carbons (Fsp3) is 0.500. The number of aromatic amines is 1. The van der Waals surface area contributed by atoms with Crippen molar-refractivity contribution >= 4 is 111 Å². The van der Waals surface area contributed by atoms with Gasteiger partial charge in [-0.15, -0.1) is 0 Å². The minimum Gasteiger partial charge on any atom is -0.508 e. The van der Waals surface area contributed by atoms with E-state index in [4.69, 9.17) is 5.73 Å². The Balaban J connectivity index is 1.23. The normalized spacial score (nSPS) is 25.6. The van der Waals surface area contributed by atoms with Gasteiger partial charge in [0.05, 0.1) is 12.2 Å². The van der Waals surface area contributed by atoms with Gasteiger partial charge in [0.25, 0.3) is 0 Å². The first-order chi connectivity index (χ1) is 51.6. The molecule has 3 aromatic carbocycles. The first-order valence-corrected chi connectivity index (χ1v) is 38.5. The van der Waals surface area contributed by atoms with Gasteiger partial charge < -0.3 is 94.5 Å². The van der Waals surface area contributed by atoms with Crippen LogP contribution >= 0.6 is 23.5 Å². The van der Waals surface area contributed by atoms with Crippen LogP contribution in [0.5, 0.6) is 11.5 Å². The summed E-state index contributed by atoms with van der Waals surface area (Å²) in [6, 6.07) is 7.44. The predicted molar refractivity (Wildman–Crippen MR) is 411 cm³/mol. The van der Waals surface area contributed by atoms with E-state index in [0.29, 0.717) is 39.2 Å². The lowest BCUT2D eigenvalue weighted by molar-refractivity contribution is -0.143. The van der Waals surface area contributed by atoms with Gasteiger partial charge in [0, 0.05) is 73.5 Å². The number of nitrogens with zero attached hydrogens (tertiary/aromatic N) is 2. The van der Waals surface area contributed by atoms with Crippen LogP contribution in [0, 0.1) is 11.3 Å². The van der Waals surface area contributed by atoms with Gasteiger partial charge in [-0.2, -0.15) is 23.5 Å².